The largest absolute Gasteiger partial charge is 0.497 e. The molecule has 0 atom stereocenters. The number of hydrogen-bond acceptors (Lipinski definition) is 3. The molecule has 2 aromatic rings. The van der Waals surface area contributed by atoms with E-state index >= 15 is 0 Å². The number of halogens is 1. The maximum atomic E-state index is 13.1. The van der Waals surface area contributed by atoms with Gasteiger partial charge in [0.05, 0.1) is 19.9 Å². The van der Waals surface area contributed by atoms with E-state index in [9.17, 15) is 9.18 Å². The van der Waals surface area contributed by atoms with Gasteiger partial charge in [0.25, 0.3) is 0 Å². The second-order valence-corrected chi connectivity index (χ2v) is 4.50. The molecule has 2 rings (SSSR count). The number of methoxy groups -OCH3 is 2. The van der Waals surface area contributed by atoms with E-state index in [1.807, 2.05) is 24.3 Å². The number of amides is 2. The van der Waals surface area contributed by atoms with E-state index in [0.717, 1.165) is 11.3 Å². The molecule has 116 valence electrons. The van der Waals surface area contributed by atoms with Crippen molar-refractivity contribution in [2.45, 2.75) is 6.54 Å². The van der Waals surface area contributed by atoms with Crippen molar-refractivity contribution in [2.24, 2.45) is 0 Å². The number of benzene rings is 2. The van der Waals surface area contributed by atoms with Gasteiger partial charge in [-0.2, -0.15) is 0 Å². The predicted octanol–water partition coefficient (Wildman–Crippen LogP) is 3.16. The fourth-order valence-electron chi connectivity index (χ4n) is 1.86. The third-order valence-electron chi connectivity index (χ3n) is 3.02. The van der Waals surface area contributed by atoms with Gasteiger partial charge >= 0.3 is 6.03 Å². The first-order valence-corrected chi connectivity index (χ1v) is 6.63. The van der Waals surface area contributed by atoms with Crippen molar-refractivity contribution in [1.29, 1.82) is 0 Å². The molecular weight excluding hydrogens is 287 g/mol. The Morgan fingerprint density at radius 2 is 1.82 bits per heavy atom. The number of nitrogens with one attached hydrogen (secondary N) is 2. The molecule has 0 saturated carbocycles. The summed E-state index contributed by atoms with van der Waals surface area (Å²) in [6.45, 7) is 0.360. The van der Waals surface area contributed by atoms with Crippen LogP contribution in [0.15, 0.2) is 42.5 Å². The molecule has 0 fully saturated rings. The molecule has 2 aromatic carbocycles. The lowest BCUT2D eigenvalue weighted by atomic mass is 10.2. The monoisotopic (exact) mass is 304 g/mol. The zero-order valence-electron chi connectivity index (χ0n) is 12.4. The smallest absolute Gasteiger partial charge is 0.319 e. The molecule has 0 aromatic heterocycles. The summed E-state index contributed by atoms with van der Waals surface area (Å²) in [5.74, 6) is 0.588. The first-order chi connectivity index (χ1) is 10.6. The number of rotatable bonds is 5. The van der Waals surface area contributed by atoms with Gasteiger partial charge in [0.2, 0.25) is 0 Å². The minimum absolute atomic E-state index is 0.264. The number of anilines is 1. The van der Waals surface area contributed by atoms with Crippen LogP contribution >= 0.6 is 0 Å². The first kappa shape index (κ1) is 15.6. The normalized spacial score (nSPS) is 9.95. The highest BCUT2D eigenvalue weighted by molar-refractivity contribution is 5.90. The van der Waals surface area contributed by atoms with Crippen molar-refractivity contribution in [3.63, 3.8) is 0 Å². The van der Waals surface area contributed by atoms with Gasteiger partial charge in [0.15, 0.2) is 0 Å². The van der Waals surface area contributed by atoms with Crippen molar-refractivity contribution in [3.8, 4) is 11.5 Å². The Kier molecular flexibility index (Phi) is 5.19. The molecule has 2 N–H and O–H groups in total. The van der Waals surface area contributed by atoms with Crippen LogP contribution in [-0.2, 0) is 6.54 Å². The van der Waals surface area contributed by atoms with Crippen molar-refractivity contribution >= 4 is 11.7 Å². The highest BCUT2D eigenvalue weighted by Crippen LogP contribution is 2.24. The molecule has 5 nitrogen and oxygen atoms in total. The zero-order chi connectivity index (χ0) is 15.9. The van der Waals surface area contributed by atoms with E-state index in [0.29, 0.717) is 12.2 Å². The van der Waals surface area contributed by atoms with Crippen molar-refractivity contribution in [1.82, 2.24) is 5.32 Å². The Hall–Kier alpha value is -2.76. The molecule has 0 unspecified atom stereocenters. The molecule has 0 saturated heterocycles. The van der Waals surface area contributed by atoms with E-state index in [2.05, 4.69) is 10.6 Å². The third kappa shape index (κ3) is 4.12. The van der Waals surface area contributed by atoms with Crippen LogP contribution in [0.25, 0.3) is 0 Å². The Morgan fingerprint density at radius 3 is 2.45 bits per heavy atom. The summed E-state index contributed by atoms with van der Waals surface area (Å²) in [5.41, 5.74) is 1.33. The fourth-order valence-corrected chi connectivity index (χ4v) is 1.86. The van der Waals surface area contributed by atoms with Gasteiger partial charge in [0.1, 0.15) is 17.3 Å². The molecule has 0 aliphatic heterocycles. The van der Waals surface area contributed by atoms with Crippen LogP contribution in [0.5, 0.6) is 11.5 Å². The minimum atomic E-state index is -0.430. The third-order valence-corrected chi connectivity index (χ3v) is 3.02. The summed E-state index contributed by atoms with van der Waals surface area (Å²) >= 11 is 0. The molecule has 22 heavy (non-hydrogen) atoms. The number of carbonyl (C=O) groups excluding carboxylic acids is 1. The molecule has 2 amide bonds. The Balaban J connectivity index is 1.92. The van der Waals surface area contributed by atoms with Gasteiger partial charge in [-0.25, -0.2) is 9.18 Å². The summed E-state index contributed by atoms with van der Waals surface area (Å²) in [6.07, 6.45) is 0. The Bertz CT molecular complexity index is 644. The summed E-state index contributed by atoms with van der Waals surface area (Å²) in [5, 5.41) is 5.33. The second kappa shape index (κ2) is 7.31. The summed E-state index contributed by atoms with van der Waals surface area (Å²) in [4.78, 5) is 11.9. The van der Waals surface area contributed by atoms with Gasteiger partial charge in [0, 0.05) is 12.6 Å². The van der Waals surface area contributed by atoms with E-state index in [4.69, 9.17) is 9.47 Å². The van der Waals surface area contributed by atoms with Gasteiger partial charge in [-0.05, 0) is 29.8 Å². The average Bonchev–Trinajstić information content (AvgIpc) is 2.55. The lowest BCUT2D eigenvalue weighted by Crippen LogP contribution is -2.28. The molecular formula is C16H17FN2O3. The van der Waals surface area contributed by atoms with Crippen LogP contribution < -0.4 is 20.1 Å². The van der Waals surface area contributed by atoms with Crippen molar-refractivity contribution in [3.05, 3.63) is 53.8 Å². The summed E-state index contributed by atoms with van der Waals surface area (Å²) in [7, 11) is 3.01. The molecule has 0 aliphatic rings. The molecule has 0 heterocycles. The topological polar surface area (TPSA) is 59.6 Å². The summed E-state index contributed by atoms with van der Waals surface area (Å²) in [6, 6.07) is 10.9. The summed E-state index contributed by atoms with van der Waals surface area (Å²) < 4.78 is 23.2. The lowest BCUT2D eigenvalue weighted by molar-refractivity contribution is 0.251. The van der Waals surface area contributed by atoms with Crippen LogP contribution in [0.4, 0.5) is 14.9 Å². The van der Waals surface area contributed by atoms with Crippen LogP contribution in [0.1, 0.15) is 5.56 Å². The molecule has 0 spiro atoms. The molecule has 6 heteroatoms. The highest BCUT2D eigenvalue weighted by atomic mass is 19.1. The van der Waals surface area contributed by atoms with Crippen molar-refractivity contribution in [2.75, 3.05) is 19.5 Å². The van der Waals surface area contributed by atoms with Gasteiger partial charge in [-0.3, -0.25) is 0 Å². The zero-order valence-corrected chi connectivity index (χ0v) is 12.4. The maximum absolute atomic E-state index is 13.1. The maximum Gasteiger partial charge on any atom is 0.319 e. The van der Waals surface area contributed by atoms with Gasteiger partial charge in [-0.15, -0.1) is 0 Å². The predicted molar refractivity (Wildman–Crippen MR) is 81.8 cm³/mol. The SMILES string of the molecule is COc1ccc(CNC(=O)Nc2ccc(F)cc2OC)cc1. The van der Waals surface area contributed by atoms with Crippen LogP contribution in [0.3, 0.4) is 0 Å². The molecule has 0 radical (unpaired) electrons. The number of carbonyl (C=O) groups is 1. The van der Waals surface area contributed by atoms with Crippen LogP contribution in [0.2, 0.25) is 0 Å². The van der Waals surface area contributed by atoms with E-state index in [-0.39, 0.29) is 5.75 Å². The van der Waals surface area contributed by atoms with Gasteiger partial charge < -0.3 is 20.1 Å². The average molecular weight is 304 g/mol. The van der Waals surface area contributed by atoms with Crippen molar-refractivity contribution < 1.29 is 18.7 Å². The van der Waals surface area contributed by atoms with E-state index in [1.54, 1.807) is 7.11 Å². The Morgan fingerprint density at radius 1 is 1.09 bits per heavy atom. The Labute approximate surface area is 128 Å². The first-order valence-electron chi connectivity index (χ1n) is 6.63. The van der Waals surface area contributed by atoms with Crippen LogP contribution in [-0.4, -0.2) is 20.3 Å². The van der Waals surface area contributed by atoms with Gasteiger partial charge in [-0.1, -0.05) is 12.1 Å². The minimum Gasteiger partial charge on any atom is -0.497 e. The highest BCUT2D eigenvalue weighted by Gasteiger charge is 2.08. The molecule has 0 bridgehead atoms. The standard InChI is InChI=1S/C16H17FN2O3/c1-21-13-6-3-11(4-7-13)10-18-16(20)19-14-8-5-12(17)9-15(14)22-2/h3-9H,10H2,1-2H3,(H2,18,19,20). The second-order valence-electron chi connectivity index (χ2n) is 4.50. The van der Waals surface area contributed by atoms with Crippen LogP contribution in [0, 0.1) is 5.82 Å². The van der Waals surface area contributed by atoms with E-state index < -0.39 is 11.8 Å². The fraction of sp³-hybridized carbons (Fsp3) is 0.188. The number of urea groups is 1. The lowest BCUT2D eigenvalue weighted by Gasteiger charge is -2.11. The number of hydrogen-bond donors (Lipinski definition) is 2. The quantitative estimate of drug-likeness (QED) is 0.892. The number of ether oxygens (including phenoxy) is 2. The molecule has 0 aliphatic carbocycles. The van der Waals surface area contributed by atoms with E-state index in [1.165, 1.54) is 25.3 Å².